The van der Waals surface area contributed by atoms with E-state index in [0.29, 0.717) is 6.42 Å². The predicted molar refractivity (Wildman–Crippen MR) is 57.3 cm³/mol. The Kier molecular flexibility index (Phi) is 4.45. The fourth-order valence-corrected chi connectivity index (χ4v) is 1.20. The van der Waals surface area contributed by atoms with E-state index in [9.17, 15) is 14.0 Å². The average Bonchev–Trinajstić information content (AvgIpc) is 2.23. The van der Waals surface area contributed by atoms with Gasteiger partial charge in [-0.05, 0) is 18.6 Å². The Labute approximate surface area is 97.0 Å². The molecule has 0 bridgehead atoms. The summed E-state index contributed by atoms with van der Waals surface area (Å²) in [5, 5.41) is 8.39. The monoisotopic (exact) mass is 241 g/mol. The number of carboxylic acids is 1. The van der Waals surface area contributed by atoms with Gasteiger partial charge >= 0.3 is 5.97 Å². The standard InChI is InChI=1S/C11H12FNO4/c12-9-6-7(3-4-8(9)11(13)16)17-5-1-2-10(14)15/h3-4,6H,1-2,5H2,(H2,13,16)(H,14,15). The van der Waals surface area contributed by atoms with Crippen molar-refractivity contribution in [2.45, 2.75) is 12.8 Å². The molecule has 0 unspecified atom stereocenters. The zero-order valence-electron chi connectivity index (χ0n) is 8.98. The summed E-state index contributed by atoms with van der Waals surface area (Å²) in [5.74, 6) is -2.28. The Morgan fingerprint density at radius 1 is 1.41 bits per heavy atom. The maximum Gasteiger partial charge on any atom is 0.303 e. The summed E-state index contributed by atoms with van der Waals surface area (Å²) < 4.78 is 18.4. The molecule has 0 heterocycles. The molecule has 0 spiro atoms. The van der Waals surface area contributed by atoms with E-state index in [1.54, 1.807) is 0 Å². The van der Waals surface area contributed by atoms with Crippen LogP contribution in [0.5, 0.6) is 5.75 Å². The third-order valence-corrected chi connectivity index (χ3v) is 2.01. The van der Waals surface area contributed by atoms with Crippen molar-refractivity contribution in [1.82, 2.24) is 0 Å². The first-order chi connectivity index (χ1) is 8.00. The van der Waals surface area contributed by atoms with Crippen molar-refractivity contribution in [2.75, 3.05) is 6.61 Å². The molecule has 0 saturated carbocycles. The van der Waals surface area contributed by atoms with Crippen LogP contribution in [0.1, 0.15) is 23.2 Å². The number of rotatable bonds is 6. The Hall–Kier alpha value is -2.11. The summed E-state index contributed by atoms with van der Waals surface area (Å²) in [7, 11) is 0. The second-order valence-electron chi connectivity index (χ2n) is 3.35. The van der Waals surface area contributed by atoms with Crippen molar-refractivity contribution in [3.05, 3.63) is 29.6 Å². The minimum atomic E-state index is -0.913. The molecule has 1 aromatic carbocycles. The maximum atomic E-state index is 13.3. The molecule has 1 aromatic rings. The SMILES string of the molecule is NC(=O)c1ccc(OCCCC(=O)O)cc1F. The Bertz CT molecular complexity index is 433. The van der Waals surface area contributed by atoms with Gasteiger partial charge in [0.15, 0.2) is 0 Å². The molecule has 5 nitrogen and oxygen atoms in total. The molecule has 0 fully saturated rings. The van der Waals surface area contributed by atoms with Gasteiger partial charge in [0.25, 0.3) is 5.91 Å². The van der Waals surface area contributed by atoms with Gasteiger partial charge in [0.1, 0.15) is 11.6 Å². The number of carbonyl (C=O) groups excluding carboxylic acids is 1. The summed E-state index contributed by atoms with van der Waals surface area (Å²) in [6, 6.07) is 3.68. The zero-order valence-corrected chi connectivity index (χ0v) is 8.98. The van der Waals surface area contributed by atoms with Gasteiger partial charge in [0, 0.05) is 12.5 Å². The van der Waals surface area contributed by atoms with Crippen LogP contribution in [-0.2, 0) is 4.79 Å². The molecule has 0 atom stereocenters. The van der Waals surface area contributed by atoms with E-state index >= 15 is 0 Å². The lowest BCUT2D eigenvalue weighted by atomic mass is 10.2. The molecule has 0 saturated heterocycles. The molecule has 0 aromatic heterocycles. The van der Waals surface area contributed by atoms with Gasteiger partial charge in [-0.2, -0.15) is 0 Å². The second-order valence-corrected chi connectivity index (χ2v) is 3.35. The van der Waals surface area contributed by atoms with E-state index in [1.165, 1.54) is 12.1 Å². The number of hydrogen-bond acceptors (Lipinski definition) is 3. The van der Waals surface area contributed by atoms with Crippen LogP contribution in [0.4, 0.5) is 4.39 Å². The maximum absolute atomic E-state index is 13.3. The number of halogens is 1. The molecule has 0 radical (unpaired) electrons. The molecule has 0 aliphatic rings. The van der Waals surface area contributed by atoms with Crippen LogP contribution < -0.4 is 10.5 Å². The molecular weight excluding hydrogens is 229 g/mol. The van der Waals surface area contributed by atoms with Crippen molar-refractivity contribution in [1.29, 1.82) is 0 Å². The number of hydrogen-bond donors (Lipinski definition) is 2. The largest absolute Gasteiger partial charge is 0.493 e. The first-order valence-corrected chi connectivity index (χ1v) is 4.94. The second kappa shape index (κ2) is 5.83. The van der Waals surface area contributed by atoms with Crippen molar-refractivity contribution < 1.29 is 23.8 Å². The highest BCUT2D eigenvalue weighted by Gasteiger charge is 2.09. The van der Waals surface area contributed by atoms with E-state index < -0.39 is 17.7 Å². The van der Waals surface area contributed by atoms with Crippen LogP contribution in [-0.4, -0.2) is 23.6 Å². The van der Waals surface area contributed by atoms with Crippen molar-refractivity contribution >= 4 is 11.9 Å². The first kappa shape index (κ1) is 13.0. The van der Waals surface area contributed by atoms with E-state index in [0.717, 1.165) is 6.07 Å². The van der Waals surface area contributed by atoms with Gasteiger partial charge in [0.2, 0.25) is 0 Å². The number of primary amides is 1. The Morgan fingerprint density at radius 2 is 2.12 bits per heavy atom. The highest BCUT2D eigenvalue weighted by Crippen LogP contribution is 2.16. The average molecular weight is 241 g/mol. The highest BCUT2D eigenvalue weighted by atomic mass is 19.1. The number of aliphatic carboxylic acids is 1. The molecular formula is C11H12FNO4. The zero-order chi connectivity index (χ0) is 12.8. The molecule has 0 aliphatic carbocycles. The summed E-state index contributed by atoms with van der Waals surface area (Å²) in [5.41, 5.74) is 4.73. The number of nitrogens with two attached hydrogens (primary N) is 1. The number of carboxylic acid groups (broad SMARTS) is 1. The molecule has 6 heteroatoms. The van der Waals surface area contributed by atoms with Crippen LogP contribution in [0.3, 0.4) is 0 Å². The summed E-state index contributed by atoms with van der Waals surface area (Å²) in [6.45, 7) is 0.168. The third kappa shape index (κ3) is 4.10. The summed E-state index contributed by atoms with van der Waals surface area (Å²) in [4.78, 5) is 21.0. The molecule has 17 heavy (non-hydrogen) atoms. The Morgan fingerprint density at radius 3 is 2.65 bits per heavy atom. The fraction of sp³-hybridized carbons (Fsp3) is 0.273. The minimum absolute atomic E-state index is 0.0121. The molecule has 0 aliphatic heterocycles. The normalized spacial score (nSPS) is 9.94. The van der Waals surface area contributed by atoms with E-state index in [2.05, 4.69) is 0 Å². The molecule has 3 N–H and O–H groups in total. The fourth-order valence-electron chi connectivity index (χ4n) is 1.20. The summed E-state index contributed by atoms with van der Waals surface area (Å²) >= 11 is 0. The van der Waals surface area contributed by atoms with Gasteiger partial charge in [-0.3, -0.25) is 9.59 Å². The van der Waals surface area contributed by atoms with Gasteiger partial charge in [-0.15, -0.1) is 0 Å². The van der Waals surface area contributed by atoms with Crippen molar-refractivity contribution in [3.8, 4) is 5.75 Å². The van der Waals surface area contributed by atoms with Gasteiger partial charge in [-0.1, -0.05) is 0 Å². The topological polar surface area (TPSA) is 89.6 Å². The highest BCUT2D eigenvalue weighted by molar-refractivity contribution is 5.93. The predicted octanol–water partition coefficient (Wildman–Crippen LogP) is 1.17. The van der Waals surface area contributed by atoms with Crippen molar-refractivity contribution in [2.24, 2.45) is 5.73 Å². The number of benzene rings is 1. The minimum Gasteiger partial charge on any atom is -0.493 e. The van der Waals surface area contributed by atoms with Crippen LogP contribution in [0.2, 0.25) is 0 Å². The van der Waals surface area contributed by atoms with Gasteiger partial charge in [0.05, 0.1) is 12.2 Å². The molecule has 1 rings (SSSR count). The van der Waals surface area contributed by atoms with E-state index in [-0.39, 0.29) is 24.3 Å². The lowest BCUT2D eigenvalue weighted by Crippen LogP contribution is -2.13. The Balaban J connectivity index is 2.53. The number of amides is 1. The lowest BCUT2D eigenvalue weighted by Gasteiger charge is -2.06. The first-order valence-electron chi connectivity index (χ1n) is 4.94. The number of ether oxygens (including phenoxy) is 1. The van der Waals surface area contributed by atoms with Gasteiger partial charge < -0.3 is 15.6 Å². The van der Waals surface area contributed by atoms with E-state index in [4.69, 9.17) is 15.6 Å². The quantitative estimate of drug-likeness (QED) is 0.731. The van der Waals surface area contributed by atoms with Crippen LogP contribution in [0.15, 0.2) is 18.2 Å². The smallest absolute Gasteiger partial charge is 0.303 e. The molecule has 1 amide bonds. The van der Waals surface area contributed by atoms with E-state index in [1.807, 2.05) is 0 Å². The lowest BCUT2D eigenvalue weighted by molar-refractivity contribution is -0.137. The van der Waals surface area contributed by atoms with Crippen LogP contribution in [0.25, 0.3) is 0 Å². The molecule has 92 valence electrons. The summed E-state index contributed by atoms with van der Waals surface area (Å²) in [6.07, 6.45) is 0.316. The van der Waals surface area contributed by atoms with Crippen LogP contribution >= 0.6 is 0 Å². The van der Waals surface area contributed by atoms with Crippen LogP contribution in [0, 0.1) is 5.82 Å². The third-order valence-electron chi connectivity index (χ3n) is 2.01. The van der Waals surface area contributed by atoms with Gasteiger partial charge in [-0.25, -0.2) is 4.39 Å². The number of carbonyl (C=O) groups is 2. The van der Waals surface area contributed by atoms with Crippen molar-refractivity contribution in [3.63, 3.8) is 0 Å².